The Morgan fingerprint density at radius 1 is 1.12 bits per heavy atom. The lowest BCUT2D eigenvalue weighted by atomic mass is 9.70. The van der Waals surface area contributed by atoms with Crippen LogP contribution in [0.25, 0.3) is 0 Å². The van der Waals surface area contributed by atoms with Gasteiger partial charge in [0.05, 0.1) is 30.6 Å². The largest absolute Gasteiger partial charge is 0.394 e. The molecule has 9 heteroatoms. The first-order valence-corrected chi connectivity index (χ1v) is 14.3. The van der Waals surface area contributed by atoms with Crippen LogP contribution in [0.2, 0.25) is 5.02 Å². The highest BCUT2D eigenvalue weighted by Gasteiger charge is 2.75. The molecular weight excluding hydrogens is 542 g/mol. The SMILES string of the molecule is C=CCN(C)C(=O)[C@@H]1[C@@H]2CCC3(O2)C(C(=O)N(CC=C)c2ccc(Cl)cc2)N([C@@H](CO)Cc2ccccc2)C(=O)[C@H]13. The van der Waals surface area contributed by atoms with E-state index in [9.17, 15) is 19.5 Å². The first-order valence-electron chi connectivity index (χ1n) is 14.0. The Hall–Kier alpha value is -3.46. The van der Waals surface area contributed by atoms with Gasteiger partial charge in [-0.1, -0.05) is 54.1 Å². The molecule has 0 radical (unpaired) electrons. The summed E-state index contributed by atoms with van der Waals surface area (Å²) in [7, 11) is 1.68. The van der Waals surface area contributed by atoms with E-state index in [2.05, 4.69) is 13.2 Å². The fourth-order valence-electron chi connectivity index (χ4n) is 6.94. The van der Waals surface area contributed by atoms with Gasteiger partial charge < -0.3 is 24.5 Å². The molecule has 3 amide bonds. The van der Waals surface area contributed by atoms with Gasteiger partial charge in [0.15, 0.2) is 0 Å². The number of anilines is 1. The smallest absolute Gasteiger partial charge is 0.253 e. The quantitative estimate of drug-likeness (QED) is 0.413. The molecule has 3 fully saturated rings. The number of fused-ring (bicyclic) bond motifs is 1. The van der Waals surface area contributed by atoms with Crippen LogP contribution in [-0.4, -0.2) is 83.2 Å². The summed E-state index contributed by atoms with van der Waals surface area (Å²) >= 11 is 6.13. The normalized spacial score (nSPS) is 26.9. The van der Waals surface area contributed by atoms with E-state index in [1.54, 1.807) is 53.3 Å². The third kappa shape index (κ3) is 4.98. The fourth-order valence-corrected chi connectivity index (χ4v) is 7.07. The molecule has 2 bridgehead atoms. The Morgan fingerprint density at radius 2 is 1.80 bits per heavy atom. The number of rotatable bonds is 11. The lowest BCUT2D eigenvalue weighted by Gasteiger charge is -2.39. The molecule has 1 N–H and O–H groups in total. The van der Waals surface area contributed by atoms with Crippen LogP contribution in [-0.2, 0) is 25.5 Å². The van der Waals surface area contributed by atoms with E-state index in [1.165, 1.54) is 4.90 Å². The van der Waals surface area contributed by atoms with Gasteiger partial charge in [0, 0.05) is 30.8 Å². The summed E-state index contributed by atoms with van der Waals surface area (Å²) in [5.74, 6) is -2.44. The van der Waals surface area contributed by atoms with Crippen LogP contribution in [0.15, 0.2) is 79.9 Å². The lowest BCUT2D eigenvalue weighted by molar-refractivity contribution is -0.146. The predicted octanol–water partition coefficient (Wildman–Crippen LogP) is 3.48. The molecule has 2 aromatic carbocycles. The number of ether oxygens (including phenoxy) is 1. The molecule has 2 unspecified atom stereocenters. The van der Waals surface area contributed by atoms with Crippen molar-refractivity contribution in [2.75, 3.05) is 31.6 Å². The summed E-state index contributed by atoms with van der Waals surface area (Å²) in [5, 5.41) is 11.2. The molecule has 5 rings (SSSR count). The van der Waals surface area contributed by atoms with Gasteiger partial charge in [-0.2, -0.15) is 0 Å². The standard InChI is InChI=1S/C32H36ClN3O5/c1-4-17-34(3)29(38)26-25-15-16-32(41-25)27(26)30(39)36(24(20-37)19-21-9-7-6-8-10-21)28(32)31(40)35(18-5-2)23-13-11-22(33)12-14-23/h4-14,24-28,37H,1-2,15-20H2,3H3/t24-,25+,26-,27+,28?,32?/m1/s1. The molecule has 216 valence electrons. The van der Waals surface area contributed by atoms with Crippen LogP contribution in [0.4, 0.5) is 5.69 Å². The van der Waals surface area contributed by atoms with Crippen molar-refractivity contribution in [1.82, 2.24) is 9.80 Å². The lowest BCUT2D eigenvalue weighted by Crippen LogP contribution is -2.59. The number of likely N-dealkylation sites (N-methyl/N-ethyl adjacent to an activating group) is 1. The maximum atomic E-state index is 14.7. The first-order chi connectivity index (χ1) is 19.8. The van der Waals surface area contributed by atoms with E-state index in [0.29, 0.717) is 36.5 Å². The number of amides is 3. The number of nitrogens with zero attached hydrogens (tertiary/aromatic N) is 3. The zero-order valence-electron chi connectivity index (χ0n) is 23.2. The van der Waals surface area contributed by atoms with E-state index >= 15 is 0 Å². The number of hydrogen-bond acceptors (Lipinski definition) is 5. The van der Waals surface area contributed by atoms with Gasteiger partial charge in [0.25, 0.3) is 5.91 Å². The molecule has 41 heavy (non-hydrogen) atoms. The molecule has 0 aromatic heterocycles. The Labute approximate surface area is 245 Å². The number of aliphatic hydroxyl groups excluding tert-OH is 1. The van der Waals surface area contributed by atoms with Crippen LogP contribution in [0.5, 0.6) is 0 Å². The monoisotopic (exact) mass is 577 g/mol. The summed E-state index contributed by atoms with van der Waals surface area (Å²) in [4.78, 5) is 47.4. The zero-order chi connectivity index (χ0) is 29.3. The van der Waals surface area contributed by atoms with Gasteiger partial charge in [-0.15, -0.1) is 13.2 Å². The number of carbonyl (C=O) groups excluding carboxylic acids is 3. The van der Waals surface area contributed by atoms with Crippen LogP contribution in [0.3, 0.4) is 0 Å². The molecule has 3 aliphatic rings. The van der Waals surface area contributed by atoms with Crippen molar-refractivity contribution in [2.24, 2.45) is 11.8 Å². The second-order valence-corrected chi connectivity index (χ2v) is 11.5. The van der Waals surface area contributed by atoms with E-state index in [1.807, 2.05) is 30.3 Å². The summed E-state index contributed by atoms with van der Waals surface area (Å²) in [5.41, 5.74) is 0.329. The van der Waals surface area contributed by atoms with Gasteiger partial charge in [-0.25, -0.2) is 0 Å². The average Bonchev–Trinajstić information content (AvgIpc) is 3.62. The van der Waals surface area contributed by atoms with Crippen LogP contribution in [0.1, 0.15) is 18.4 Å². The zero-order valence-corrected chi connectivity index (χ0v) is 24.0. The van der Waals surface area contributed by atoms with Gasteiger partial charge in [0.1, 0.15) is 11.6 Å². The summed E-state index contributed by atoms with van der Waals surface area (Å²) < 4.78 is 6.60. The second kappa shape index (κ2) is 11.8. The maximum absolute atomic E-state index is 14.7. The molecule has 8 nitrogen and oxygen atoms in total. The maximum Gasteiger partial charge on any atom is 0.253 e. The van der Waals surface area contributed by atoms with Crippen molar-refractivity contribution in [3.63, 3.8) is 0 Å². The molecule has 1 spiro atoms. The number of carbonyl (C=O) groups is 3. The van der Waals surface area contributed by atoms with E-state index in [4.69, 9.17) is 16.3 Å². The molecule has 3 heterocycles. The first kappa shape index (κ1) is 29.0. The summed E-state index contributed by atoms with van der Waals surface area (Å²) in [6.07, 6.45) is 4.16. The summed E-state index contributed by atoms with van der Waals surface area (Å²) in [6.45, 7) is 7.75. The highest BCUT2D eigenvalue weighted by Crippen LogP contribution is 2.59. The molecule has 3 aliphatic heterocycles. The van der Waals surface area contributed by atoms with Crippen molar-refractivity contribution >= 4 is 35.0 Å². The molecular formula is C32H36ClN3O5. The van der Waals surface area contributed by atoms with E-state index in [0.717, 1.165) is 5.56 Å². The molecule has 0 aliphatic carbocycles. The topological polar surface area (TPSA) is 90.4 Å². The number of benzene rings is 2. The fraction of sp³-hybridized carbons (Fsp3) is 0.406. The third-order valence-electron chi connectivity index (χ3n) is 8.67. The van der Waals surface area contributed by atoms with Crippen LogP contribution in [0, 0.1) is 11.8 Å². The van der Waals surface area contributed by atoms with Crippen molar-refractivity contribution < 1.29 is 24.2 Å². The van der Waals surface area contributed by atoms with Crippen molar-refractivity contribution in [1.29, 1.82) is 0 Å². The Balaban J connectivity index is 1.60. The third-order valence-corrected chi connectivity index (χ3v) is 8.92. The van der Waals surface area contributed by atoms with Gasteiger partial charge >= 0.3 is 0 Å². The highest BCUT2D eigenvalue weighted by molar-refractivity contribution is 6.30. The van der Waals surface area contributed by atoms with Crippen LogP contribution < -0.4 is 4.90 Å². The Morgan fingerprint density at radius 3 is 2.44 bits per heavy atom. The summed E-state index contributed by atoms with van der Waals surface area (Å²) in [6, 6.07) is 14.7. The van der Waals surface area contributed by atoms with Crippen molar-refractivity contribution in [3.8, 4) is 0 Å². The number of aliphatic hydroxyl groups is 1. The van der Waals surface area contributed by atoms with E-state index in [-0.39, 0.29) is 30.9 Å². The highest BCUT2D eigenvalue weighted by atomic mass is 35.5. The predicted molar refractivity (Wildman–Crippen MR) is 157 cm³/mol. The average molecular weight is 578 g/mol. The minimum absolute atomic E-state index is 0.191. The molecule has 2 aromatic rings. The van der Waals surface area contributed by atoms with Crippen LogP contribution >= 0.6 is 11.6 Å². The number of halogens is 1. The molecule has 0 saturated carbocycles. The Kier molecular flexibility index (Phi) is 8.36. The van der Waals surface area contributed by atoms with Crippen molar-refractivity contribution in [3.05, 3.63) is 90.5 Å². The minimum Gasteiger partial charge on any atom is -0.394 e. The molecule has 3 saturated heterocycles. The molecule has 6 atom stereocenters. The van der Waals surface area contributed by atoms with Gasteiger partial charge in [-0.3, -0.25) is 14.4 Å². The van der Waals surface area contributed by atoms with E-state index < -0.39 is 35.6 Å². The second-order valence-electron chi connectivity index (χ2n) is 11.0. The number of likely N-dealkylation sites (tertiary alicyclic amines) is 1. The Bertz CT molecular complexity index is 1320. The van der Waals surface area contributed by atoms with Gasteiger partial charge in [0.2, 0.25) is 11.8 Å². The van der Waals surface area contributed by atoms with Gasteiger partial charge in [-0.05, 0) is 49.1 Å². The number of hydrogen-bond donors (Lipinski definition) is 1. The minimum atomic E-state index is -1.19. The van der Waals surface area contributed by atoms with Crippen molar-refractivity contribution in [2.45, 2.75) is 43.1 Å².